The van der Waals surface area contributed by atoms with Gasteiger partial charge in [0.1, 0.15) is 4.60 Å². The number of benzene rings is 1. The van der Waals surface area contributed by atoms with E-state index in [0.29, 0.717) is 4.60 Å². The number of hydrogen-bond donors (Lipinski definition) is 0. The quantitative estimate of drug-likeness (QED) is 0.372. The van der Waals surface area contributed by atoms with Gasteiger partial charge < -0.3 is 4.74 Å². The van der Waals surface area contributed by atoms with E-state index in [0.717, 1.165) is 0 Å². The van der Waals surface area contributed by atoms with E-state index in [1.54, 1.807) is 12.1 Å². The van der Waals surface area contributed by atoms with E-state index in [-0.39, 0.29) is 22.6 Å². The summed E-state index contributed by atoms with van der Waals surface area (Å²) in [5.41, 5.74) is -0.150. The Labute approximate surface area is 115 Å². The summed E-state index contributed by atoms with van der Waals surface area (Å²) in [5, 5.41) is 10.8. The summed E-state index contributed by atoms with van der Waals surface area (Å²) in [5.74, 6) is 0.209. The first kappa shape index (κ1) is 12.7. The summed E-state index contributed by atoms with van der Waals surface area (Å²) in [6.07, 6.45) is 0. The lowest BCUT2D eigenvalue weighted by Gasteiger charge is -2.05. The Hall–Kier alpha value is -1.73. The van der Waals surface area contributed by atoms with Crippen LogP contribution in [0.4, 0.5) is 5.69 Å². The highest BCUT2D eigenvalue weighted by molar-refractivity contribution is 9.10. The fourth-order valence-electron chi connectivity index (χ4n) is 1.23. The topological polar surface area (TPSA) is 78.2 Å². The molecule has 8 heteroatoms. The van der Waals surface area contributed by atoms with E-state index < -0.39 is 4.92 Å². The molecule has 0 saturated heterocycles. The standard InChI is InChI=1S/C10H5BrClN3O3/c11-8-5-9(14-10(12)13-8)18-7-4-2-1-3-6(7)15(16)17/h1-5H. The second-order valence-electron chi connectivity index (χ2n) is 3.12. The second kappa shape index (κ2) is 5.28. The van der Waals surface area contributed by atoms with Crippen LogP contribution < -0.4 is 4.74 Å². The van der Waals surface area contributed by atoms with Crippen LogP contribution in [-0.2, 0) is 0 Å². The number of aromatic nitrogens is 2. The average Bonchev–Trinajstić information content (AvgIpc) is 2.27. The van der Waals surface area contributed by atoms with Crippen molar-refractivity contribution in [2.24, 2.45) is 0 Å². The smallest absolute Gasteiger partial charge is 0.311 e. The molecule has 0 spiro atoms. The van der Waals surface area contributed by atoms with Crippen LogP contribution in [0.3, 0.4) is 0 Å². The third-order valence-electron chi connectivity index (χ3n) is 1.92. The zero-order valence-electron chi connectivity index (χ0n) is 8.71. The number of ether oxygens (including phenoxy) is 1. The van der Waals surface area contributed by atoms with E-state index in [1.165, 1.54) is 18.2 Å². The fourth-order valence-corrected chi connectivity index (χ4v) is 1.87. The van der Waals surface area contributed by atoms with Crippen molar-refractivity contribution >= 4 is 33.2 Å². The highest BCUT2D eigenvalue weighted by atomic mass is 79.9. The monoisotopic (exact) mass is 329 g/mol. The second-order valence-corrected chi connectivity index (χ2v) is 4.28. The van der Waals surface area contributed by atoms with Gasteiger partial charge in [0, 0.05) is 12.1 Å². The Morgan fingerprint density at radius 3 is 2.72 bits per heavy atom. The normalized spacial score (nSPS) is 10.1. The van der Waals surface area contributed by atoms with Crippen molar-refractivity contribution in [2.45, 2.75) is 0 Å². The SMILES string of the molecule is O=[N+]([O-])c1ccccc1Oc1cc(Br)nc(Cl)n1. The molecule has 0 N–H and O–H groups in total. The molecule has 2 rings (SSSR count). The average molecular weight is 331 g/mol. The van der Waals surface area contributed by atoms with Crippen molar-refractivity contribution in [1.29, 1.82) is 0 Å². The van der Waals surface area contributed by atoms with Crippen LogP contribution in [0.1, 0.15) is 0 Å². The largest absolute Gasteiger partial charge is 0.432 e. The van der Waals surface area contributed by atoms with Crippen LogP contribution in [0.15, 0.2) is 34.9 Å². The molecule has 0 bridgehead atoms. The van der Waals surface area contributed by atoms with Gasteiger partial charge in [-0.15, -0.1) is 0 Å². The summed E-state index contributed by atoms with van der Waals surface area (Å²) < 4.78 is 5.75. The molecule has 0 amide bonds. The molecular formula is C10H5BrClN3O3. The highest BCUT2D eigenvalue weighted by Gasteiger charge is 2.15. The van der Waals surface area contributed by atoms with Gasteiger partial charge in [0.15, 0.2) is 0 Å². The lowest BCUT2D eigenvalue weighted by molar-refractivity contribution is -0.385. The number of rotatable bonds is 3. The molecule has 0 radical (unpaired) electrons. The minimum absolute atomic E-state index is 0.0158. The van der Waals surface area contributed by atoms with Crippen molar-refractivity contribution in [3.63, 3.8) is 0 Å². The van der Waals surface area contributed by atoms with Crippen LogP contribution in [0.25, 0.3) is 0 Å². The predicted octanol–water partition coefficient (Wildman–Crippen LogP) is 3.59. The van der Waals surface area contributed by atoms with Crippen LogP contribution in [-0.4, -0.2) is 14.9 Å². The molecule has 0 fully saturated rings. The maximum absolute atomic E-state index is 10.8. The lowest BCUT2D eigenvalue weighted by Crippen LogP contribution is -1.95. The summed E-state index contributed by atoms with van der Waals surface area (Å²) in [6, 6.07) is 7.45. The molecule has 0 unspecified atom stereocenters. The van der Waals surface area contributed by atoms with Gasteiger partial charge in [-0.25, -0.2) is 4.98 Å². The molecule has 92 valence electrons. The minimum Gasteiger partial charge on any atom is -0.432 e. The maximum atomic E-state index is 10.8. The van der Waals surface area contributed by atoms with Gasteiger partial charge in [0.25, 0.3) is 0 Å². The van der Waals surface area contributed by atoms with Crippen LogP contribution in [0, 0.1) is 10.1 Å². The van der Waals surface area contributed by atoms with E-state index in [4.69, 9.17) is 16.3 Å². The summed E-state index contributed by atoms with van der Waals surface area (Å²) in [6.45, 7) is 0. The minimum atomic E-state index is -0.535. The zero-order valence-corrected chi connectivity index (χ0v) is 11.1. The molecule has 0 saturated carbocycles. The Kier molecular flexibility index (Phi) is 3.73. The number of halogens is 2. The van der Waals surface area contributed by atoms with E-state index in [1.807, 2.05) is 0 Å². The Bertz CT molecular complexity index is 588. The summed E-state index contributed by atoms with van der Waals surface area (Å²) >= 11 is 8.78. The number of hydrogen-bond acceptors (Lipinski definition) is 5. The van der Waals surface area contributed by atoms with E-state index in [9.17, 15) is 10.1 Å². The zero-order chi connectivity index (χ0) is 13.1. The molecule has 1 aromatic heterocycles. The third kappa shape index (κ3) is 2.93. The fraction of sp³-hybridized carbons (Fsp3) is 0. The number of nitro groups is 1. The number of nitro benzene ring substituents is 1. The lowest BCUT2D eigenvalue weighted by atomic mass is 10.3. The molecular weight excluding hydrogens is 325 g/mol. The molecule has 1 heterocycles. The number of nitrogens with zero attached hydrogens (tertiary/aromatic N) is 3. The molecule has 2 aromatic rings. The predicted molar refractivity (Wildman–Crippen MR) is 67.9 cm³/mol. The highest BCUT2D eigenvalue weighted by Crippen LogP contribution is 2.30. The van der Waals surface area contributed by atoms with Crippen molar-refractivity contribution in [3.8, 4) is 11.6 Å². The van der Waals surface area contributed by atoms with Gasteiger partial charge >= 0.3 is 5.69 Å². The molecule has 0 atom stereocenters. The molecule has 0 aliphatic heterocycles. The Balaban J connectivity index is 2.37. The maximum Gasteiger partial charge on any atom is 0.311 e. The van der Waals surface area contributed by atoms with Crippen LogP contribution in [0.2, 0.25) is 5.28 Å². The van der Waals surface area contributed by atoms with Crippen molar-refractivity contribution in [2.75, 3.05) is 0 Å². The van der Waals surface area contributed by atoms with Crippen molar-refractivity contribution in [1.82, 2.24) is 9.97 Å². The summed E-state index contributed by atoms with van der Waals surface area (Å²) in [4.78, 5) is 17.9. The van der Waals surface area contributed by atoms with Crippen LogP contribution >= 0.6 is 27.5 Å². The van der Waals surface area contributed by atoms with Gasteiger partial charge in [-0.3, -0.25) is 10.1 Å². The summed E-state index contributed by atoms with van der Waals surface area (Å²) in [7, 11) is 0. The first-order chi connectivity index (χ1) is 8.56. The van der Waals surface area contributed by atoms with E-state index >= 15 is 0 Å². The molecule has 1 aromatic carbocycles. The van der Waals surface area contributed by atoms with Crippen LogP contribution in [0.5, 0.6) is 11.6 Å². The van der Waals surface area contributed by atoms with Gasteiger partial charge in [-0.05, 0) is 33.6 Å². The number of para-hydroxylation sites is 2. The molecule has 0 aliphatic carbocycles. The molecule has 18 heavy (non-hydrogen) atoms. The Morgan fingerprint density at radius 1 is 1.33 bits per heavy atom. The first-order valence-corrected chi connectivity index (χ1v) is 5.85. The first-order valence-electron chi connectivity index (χ1n) is 4.67. The van der Waals surface area contributed by atoms with E-state index in [2.05, 4.69) is 25.9 Å². The van der Waals surface area contributed by atoms with Gasteiger partial charge in [0.2, 0.25) is 16.9 Å². The van der Waals surface area contributed by atoms with Crippen molar-refractivity contribution in [3.05, 3.63) is 50.3 Å². The molecule has 6 nitrogen and oxygen atoms in total. The Morgan fingerprint density at radius 2 is 2.06 bits per heavy atom. The molecule has 0 aliphatic rings. The van der Waals surface area contributed by atoms with Crippen molar-refractivity contribution < 1.29 is 9.66 Å². The third-order valence-corrected chi connectivity index (χ3v) is 2.50. The van der Waals surface area contributed by atoms with Gasteiger partial charge in [-0.1, -0.05) is 12.1 Å². The van der Waals surface area contributed by atoms with Gasteiger partial charge in [0.05, 0.1) is 4.92 Å². The van der Waals surface area contributed by atoms with Gasteiger partial charge in [-0.2, -0.15) is 4.98 Å².